The molecule has 78 valence electrons. The minimum absolute atomic E-state index is 0.207. The fraction of sp³-hybridized carbons (Fsp3) is 0.250. The predicted molar refractivity (Wildman–Crippen MR) is 54.1 cm³/mol. The highest BCUT2D eigenvalue weighted by Gasteiger charge is 2.15. The molecule has 0 bridgehead atoms. The lowest BCUT2D eigenvalue weighted by Crippen LogP contribution is -2.27. The van der Waals surface area contributed by atoms with Crippen molar-refractivity contribution in [1.82, 2.24) is 4.31 Å². The van der Waals surface area contributed by atoms with Crippen LogP contribution in [0.1, 0.15) is 0 Å². The summed E-state index contributed by atoms with van der Waals surface area (Å²) in [6, 6.07) is 6.24. The number of nitrogens with two attached hydrogens (primary N) is 1. The van der Waals surface area contributed by atoms with Gasteiger partial charge in [-0.1, -0.05) is 6.07 Å². The van der Waals surface area contributed by atoms with Gasteiger partial charge in [-0.15, -0.1) is 0 Å². The first-order chi connectivity index (χ1) is 6.42. The Kier molecular flexibility index (Phi) is 2.97. The summed E-state index contributed by atoms with van der Waals surface area (Å²) in [6.45, 7) is 0. The van der Waals surface area contributed by atoms with Gasteiger partial charge in [0, 0.05) is 25.8 Å². The van der Waals surface area contributed by atoms with Gasteiger partial charge >= 0.3 is 10.3 Å². The van der Waals surface area contributed by atoms with Gasteiger partial charge in [-0.05, 0) is 12.1 Å². The van der Waals surface area contributed by atoms with E-state index in [0.29, 0.717) is 5.69 Å². The maximum atomic E-state index is 11.3. The van der Waals surface area contributed by atoms with Gasteiger partial charge in [-0.2, -0.15) is 12.7 Å². The maximum Gasteiger partial charge on any atom is 0.384 e. The zero-order chi connectivity index (χ0) is 10.8. The molecule has 0 aliphatic heterocycles. The number of nitrogens with zero attached hydrogens (tertiary/aromatic N) is 1. The molecule has 0 aliphatic rings. The highest BCUT2D eigenvalue weighted by atomic mass is 32.2. The lowest BCUT2D eigenvalue weighted by atomic mass is 10.3. The van der Waals surface area contributed by atoms with E-state index in [0.717, 1.165) is 4.31 Å². The lowest BCUT2D eigenvalue weighted by Gasteiger charge is -2.11. The molecular formula is C8H12N2O3S. The number of benzene rings is 1. The van der Waals surface area contributed by atoms with Crippen LogP contribution in [0.25, 0.3) is 0 Å². The van der Waals surface area contributed by atoms with E-state index in [1.165, 1.54) is 26.2 Å². The summed E-state index contributed by atoms with van der Waals surface area (Å²) in [5.41, 5.74) is 5.92. The summed E-state index contributed by atoms with van der Waals surface area (Å²) in [6.07, 6.45) is 0. The Balaban J connectivity index is 2.90. The third-order valence-corrected chi connectivity index (χ3v) is 2.80. The van der Waals surface area contributed by atoms with Crippen molar-refractivity contribution >= 4 is 16.0 Å². The third-order valence-electron chi connectivity index (χ3n) is 1.51. The molecule has 6 heteroatoms. The Labute approximate surface area is 83.3 Å². The minimum atomic E-state index is -3.69. The highest BCUT2D eigenvalue weighted by Crippen LogP contribution is 2.16. The molecular weight excluding hydrogens is 204 g/mol. The molecule has 0 amide bonds. The van der Waals surface area contributed by atoms with Crippen LogP contribution in [0.3, 0.4) is 0 Å². The monoisotopic (exact) mass is 216 g/mol. The summed E-state index contributed by atoms with van der Waals surface area (Å²) in [7, 11) is -0.909. The van der Waals surface area contributed by atoms with Gasteiger partial charge in [-0.3, -0.25) is 0 Å². The van der Waals surface area contributed by atoms with E-state index in [2.05, 4.69) is 0 Å². The summed E-state index contributed by atoms with van der Waals surface area (Å²) in [5.74, 6) is 0.207. The van der Waals surface area contributed by atoms with E-state index in [9.17, 15) is 8.42 Å². The van der Waals surface area contributed by atoms with E-state index < -0.39 is 10.3 Å². The first-order valence-electron chi connectivity index (χ1n) is 3.89. The number of nitrogen functional groups attached to an aromatic ring is 1. The topological polar surface area (TPSA) is 72.6 Å². The van der Waals surface area contributed by atoms with E-state index in [1.807, 2.05) is 0 Å². The van der Waals surface area contributed by atoms with Crippen molar-refractivity contribution in [2.75, 3.05) is 19.8 Å². The average molecular weight is 216 g/mol. The Hall–Kier alpha value is -1.27. The summed E-state index contributed by atoms with van der Waals surface area (Å²) in [5, 5.41) is 0. The molecule has 0 spiro atoms. The second kappa shape index (κ2) is 3.85. The number of anilines is 1. The van der Waals surface area contributed by atoms with Crippen LogP contribution in [0.5, 0.6) is 5.75 Å². The Morgan fingerprint density at radius 3 is 2.50 bits per heavy atom. The van der Waals surface area contributed by atoms with Crippen molar-refractivity contribution in [2.24, 2.45) is 0 Å². The smallest absolute Gasteiger partial charge is 0.384 e. The van der Waals surface area contributed by atoms with Gasteiger partial charge in [0.15, 0.2) is 0 Å². The molecule has 1 aromatic carbocycles. The van der Waals surface area contributed by atoms with Gasteiger partial charge in [0.2, 0.25) is 0 Å². The van der Waals surface area contributed by atoms with Crippen LogP contribution in [0.4, 0.5) is 5.69 Å². The summed E-state index contributed by atoms with van der Waals surface area (Å²) < 4.78 is 28.3. The number of hydrogen-bond donors (Lipinski definition) is 1. The van der Waals surface area contributed by atoms with Crippen molar-refractivity contribution in [3.63, 3.8) is 0 Å². The molecule has 0 atom stereocenters. The molecule has 5 nitrogen and oxygen atoms in total. The van der Waals surface area contributed by atoms with Crippen LogP contribution in [0, 0.1) is 0 Å². The van der Waals surface area contributed by atoms with Gasteiger partial charge < -0.3 is 9.92 Å². The standard InChI is InChI=1S/C8H12N2O3S/c1-10(2)14(11,12)13-8-5-3-4-7(9)6-8/h3-6H,9H2,1-2H3. The molecule has 0 aromatic heterocycles. The fourth-order valence-electron chi connectivity index (χ4n) is 0.763. The molecule has 1 rings (SSSR count). The minimum Gasteiger partial charge on any atom is -0.399 e. The van der Waals surface area contributed by atoms with Crippen LogP contribution >= 0.6 is 0 Å². The zero-order valence-electron chi connectivity index (χ0n) is 7.97. The van der Waals surface area contributed by atoms with Crippen LogP contribution in [-0.2, 0) is 10.3 Å². The van der Waals surface area contributed by atoms with Crippen LogP contribution in [0.15, 0.2) is 24.3 Å². The first kappa shape index (κ1) is 10.8. The fourth-order valence-corrected chi connectivity index (χ4v) is 1.26. The summed E-state index contributed by atoms with van der Waals surface area (Å²) in [4.78, 5) is 0. The van der Waals surface area contributed by atoms with Crippen LogP contribution in [-0.4, -0.2) is 26.8 Å². The van der Waals surface area contributed by atoms with Crippen molar-refractivity contribution in [1.29, 1.82) is 0 Å². The molecule has 2 N–H and O–H groups in total. The first-order valence-corrected chi connectivity index (χ1v) is 5.26. The van der Waals surface area contributed by atoms with Gasteiger partial charge in [0.1, 0.15) is 5.75 Å². The SMILES string of the molecule is CN(C)S(=O)(=O)Oc1cccc(N)c1. The molecule has 1 aromatic rings. The molecule has 0 heterocycles. The van der Waals surface area contributed by atoms with Crippen molar-refractivity contribution in [3.05, 3.63) is 24.3 Å². The van der Waals surface area contributed by atoms with E-state index in [1.54, 1.807) is 12.1 Å². The maximum absolute atomic E-state index is 11.3. The zero-order valence-corrected chi connectivity index (χ0v) is 8.78. The number of hydrogen-bond acceptors (Lipinski definition) is 4. The van der Waals surface area contributed by atoms with Gasteiger partial charge in [-0.25, -0.2) is 0 Å². The Bertz CT molecular complexity index is 414. The third kappa shape index (κ3) is 2.61. The Morgan fingerprint density at radius 2 is 2.00 bits per heavy atom. The molecule has 0 radical (unpaired) electrons. The van der Waals surface area contributed by atoms with Crippen molar-refractivity contribution < 1.29 is 12.6 Å². The van der Waals surface area contributed by atoms with Gasteiger partial charge in [0.05, 0.1) is 0 Å². The van der Waals surface area contributed by atoms with E-state index >= 15 is 0 Å². The molecule has 14 heavy (non-hydrogen) atoms. The largest absolute Gasteiger partial charge is 0.399 e. The van der Waals surface area contributed by atoms with Gasteiger partial charge in [0.25, 0.3) is 0 Å². The average Bonchev–Trinajstić information content (AvgIpc) is 2.02. The van der Waals surface area contributed by atoms with Crippen molar-refractivity contribution in [3.8, 4) is 5.75 Å². The van der Waals surface area contributed by atoms with E-state index in [-0.39, 0.29) is 5.75 Å². The number of rotatable bonds is 3. The normalized spacial score (nSPS) is 11.6. The molecule has 0 saturated carbocycles. The highest BCUT2D eigenvalue weighted by molar-refractivity contribution is 7.84. The molecule has 0 unspecified atom stereocenters. The summed E-state index contributed by atoms with van der Waals surface area (Å²) >= 11 is 0. The quantitative estimate of drug-likeness (QED) is 0.745. The second-order valence-electron chi connectivity index (χ2n) is 2.90. The predicted octanol–water partition coefficient (Wildman–Crippen LogP) is 0.454. The molecule has 0 fully saturated rings. The molecule has 0 saturated heterocycles. The van der Waals surface area contributed by atoms with Crippen LogP contribution < -0.4 is 9.92 Å². The van der Waals surface area contributed by atoms with E-state index in [4.69, 9.17) is 9.92 Å². The Morgan fingerprint density at radius 1 is 1.36 bits per heavy atom. The van der Waals surface area contributed by atoms with Crippen molar-refractivity contribution in [2.45, 2.75) is 0 Å². The molecule has 0 aliphatic carbocycles. The second-order valence-corrected chi connectivity index (χ2v) is 4.65. The lowest BCUT2D eigenvalue weighted by molar-refractivity contribution is 0.421. The van der Waals surface area contributed by atoms with Crippen LogP contribution in [0.2, 0.25) is 0 Å².